The van der Waals surface area contributed by atoms with Gasteiger partial charge in [-0.15, -0.1) is 0 Å². The Hall–Kier alpha value is -1.36. The van der Waals surface area contributed by atoms with Crippen molar-refractivity contribution in [3.63, 3.8) is 0 Å². The van der Waals surface area contributed by atoms with Gasteiger partial charge in [0.05, 0.1) is 0 Å². The van der Waals surface area contributed by atoms with Crippen molar-refractivity contribution in [2.75, 3.05) is 44.4 Å². The second-order valence-electron chi connectivity index (χ2n) is 5.80. The zero-order valence-electron chi connectivity index (χ0n) is 12.5. The van der Waals surface area contributed by atoms with E-state index in [1.54, 1.807) is 0 Å². The number of hydrogen-bond acceptors (Lipinski definition) is 5. The Balaban J connectivity index is 2.05. The summed E-state index contributed by atoms with van der Waals surface area (Å²) in [6.45, 7) is 7.22. The van der Waals surface area contributed by atoms with E-state index in [1.165, 1.54) is 19.4 Å². The lowest BCUT2D eigenvalue weighted by Crippen LogP contribution is -2.38. The minimum Gasteiger partial charge on any atom is -0.383 e. The van der Waals surface area contributed by atoms with Crippen LogP contribution < -0.4 is 10.6 Å². The van der Waals surface area contributed by atoms with Crippen molar-refractivity contribution < 1.29 is 0 Å². The molecule has 0 spiro atoms. The molecule has 0 saturated carbocycles. The molecular formula is C14H25N5. The van der Waals surface area contributed by atoms with Crippen molar-refractivity contribution in [2.24, 2.45) is 5.92 Å². The Morgan fingerprint density at radius 1 is 1.21 bits per heavy atom. The van der Waals surface area contributed by atoms with Gasteiger partial charge in [-0.1, -0.05) is 0 Å². The molecule has 0 aliphatic carbocycles. The molecule has 0 unspecified atom stereocenters. The second-order valence-corrected chi connectivity index (χ2v) is 5.80. The van der Waals surface area contributed by atoms with Crippen LogP contribution in [0, 0.1) is 19.8 Å². The van der Waals surface area contributed by atoms with E-state index in [4.69, 9.17) is 5.73 Å². The van der Waals surface area contributed by atoms with E-state index in [0.717, 1.165) is 36.2 Å². The number of piperidine rings is 1. The summed E-state index contributed by atoms with van der Waals surface area (Å²) in [4.78, 5) is 13.4. The summed E-state index contributed by atoms with van der Waals surface area (Å²) in [5, 5.41) is 0. The molecule has 0 bridgehead atoms. The monoisotopic (exact) mass is 263 g/mol. The first kappa shape index (κ1) is 14.1. The lowest BCUT2D eigenvalue weighted by molar-refractivity contribution is 0.284. The van der Waals surface area contributed by atoms with Gasteiger partial charge in [0, 0.05) is 25.2 Å². The predicted octanol–water partition coefficient (Wildman–Crippen LogP) is 1.45. The van der Waals surface area contributed by atoms with E-state index in [1.807, 2.05) is 13.8 Å². The van der Waals surface area contributed by atoms with Crippen LogP contribution in [0.2, 0.25) is 0 Å². The van der Waals surface area contributed by atoms with Crippen LogP contribution in [-0.2, 0) is 0 Å². The van der Waals surface area contributed by atoms with E-state index in [9.17, 15) is 0 Å². The fraction of sp³-hybridized carbons (Fsp3) is 0.714. The van der Waals surface area contributed by atoms with Gasteiger partial charge in [-0.3, -0.25) is 0 Å². The van der Waals surface area contributed by atoms with Crippen molar-refractivity contribution in [3.8, 4) is 0 Å². The standard InChI is InChI=1S/C14H25N5/c1-10-13(15)16-11(2)17-14(10)19-7-5-12(6-8-19)9-18(3)4/h12H,5-9H2,1-4H3,(H2,15,16,17). The predicted molar refractivity (Wildman–Crippen MR) is 79.4 cm³/mol. The molecule has 0 amide bonds. The van der Waals surface area contributed by atoms with E-state index in [0.29, 0.717) is 5.82 Å². The van der Waals surface area contributed by atoms with Crippen molar-refractivity contribution in [3.05, 3.63) is 11.4 Å². The van der Waals surface area contributed by atoms with Crippen LogP contribution in [0.1, 0.15) is 24.2 Å². The summed E-state index contributed by atoms with van der Waals surface area (Å²) in [5.74, 6) is 3.19. The quantitative estimate of drug-likeness (QED) is 0.894. The fourth-order valence-corrected chi connectivity index (χ4v) is 2.79. The molecule has 5 nitrogen and oxygen atoms in total. The molecule has 1 saturated heterocycles. The molecule has 5 heteroatoms. The van der Waals surface area contributed by atoms with Gasteiger partial charge in [-0.2, -0.15) is 0 Å². The average molecular weight is 263 g/mol. The minimum atomic E-state index is 0.609. The van der Waals surface area contributed by atoms with Gasteiger partial charge >= 0.3 is 0 Å². The highest BCUT2D eigenvalue weighted by Gasteiger charge is 2.22. The number of nitrogens with zero attached hydrogens (tertiary/aromatic N) is 4. The largest absolute Gasteiger partial charge is 0.383 e. The Morgan fingerprint density at radius 2 is 1.84 bits per heavy atom. The van der Waals surface area contributed by atoms with Crippen molar-refractivity contribution in [1.29, 1.82) is 0 Å². The number of aryl methyl sites for hydroxylation is 1. The molecule has 1 aromatic rings. The summed E-state index contributed by atoms with van der Waals surface area (Å²) in [7, 11) is 4.29. The maximum atomic E-state index is 5.94. The number of anilines is 2. The Labute approximate surface area is 115 Å². The summed E-state index contributed by atoms with van der Waals surface area (Å²) >= 11 is 0. The highest BCUT2D eigenvalue weighted by atomic mass is 15.2. The van der Waals surface area contributed by atoms with Gasteiger partial charge in [0.25, 0.3) is 0 Å². The van der Waals surface area contributed by atoms with Crippen LogP contribution in [-0.4, -0.2) is 48.6 Å². The molecule has 1 aliphatic heterocycles. The first-order chi connectivity index (χ1) is 8.97. The highest BCUT2D eigenvalue weighted by Crippen LogP contribution is 2.26. The number of aromatic nitrogens is 2. The van der Waals surface area contributed by atoms with Gasteiger partial charge in [0.2, 0.25) is 0 Å². The van der Waals surface area contributed by atoms with Crippen LogP contribution in [0.4, 0.5) is 11.6 Å². The summed E-state index contributed by atoms with van der Waals surface area (Å²) < 4.78 is 0. The minimum absolute atomic E-state index is 0.609. The number of hydrogen-bond donors (Lipinski definition) is 1. The van der Waals surface area contributed by atoms with Crippen LogP contribution in [0.15, 0.2) is 0 Å². The van der Waals surface area contributed by atoms with Crippen LogP contribution in [0.3, 0.4) is 0 Å². The zero-order chi connectivity index (χ0) is 14.0. The first-order valence-corrected chi connectivity index (χ1v) is 6.97. The van der Waals surface area contributed by atoms with E-state index in [2.05, 4.69) is 33.9 Å². The van der Waals surface area contributed by atoms with Gasteiger partial charge in [0.15, 0.2) is 0 Å². The average Bonchev–Trinajstić information content (AvgIpc) is 2.34. The third-order valence-electron chi connectivity index (χ3n) is 3.81. The summed E-state index contributed by atoms with van der Waals surface area (Å²) in [6.07, 6.45) is 2.45. The first-order valence-electron chi connectivity index (χ1n) is 6.97. The number of rotatable bonds is 3. The van der Waals surface area contributed by atoms with Crippen molar-refractivity contribution in [1.82, 2.24) is 14.9 Å². The molecular weight excluding hydrogens is 238 g/mol. The molecule has 1 aromatic heterocycles. The fourth-order valence-electron chi connectivity index (χ4n) is 2.79. The van der Waals surface area contributed by atoms with E-state index in [-0.39, 0.29) is 0 Å². The van der Waals surface area contributed by atoms with Crippen LogP contribution in [0.25, 0.3) is 0 Å². The topological polar surface area (TPSA) is 58.3 Å². The molecule has 0 radical (unpaired) electrons. The number of nitrogens with two attached hydrogens (primary N) is 1. The molecule has 0 aromatic carbocycles. The molecule has 1 fully saturated rings. The maximum Gasteiger partial charge on any atom is 0.137 e. The molecule has 2 N–H and O–H groups in total. The Kier molecular flexibility index (Phi) is 4.24. The molecule has 0 atom stereocenters. The van der Waals surface area contributed by atoms with Crippen molar-refractivity contribution in [2.45, 2.75) is 26.7 Å². The van der Waals surface area contributed by atoms with Gasteiger partial charge in [-0.25, -0.2) is 9.97 Å². The van der Waals surface area contributed by atoms with Gasteiger partial charge in [-0.05, 0) is 46.7 Å². The Morgan fingerprint density at radius 3 is 2.42 bits per heavy atom. The van der Waals surface area contributed by atoms with Gasteiger partial charge in [0.1, 0.15) is 17.5 Å². The normalized spacial score (nSPS) is 17.2. The zero-order valence-corrected chi connectivity index (χ0v) is 12.5. The summed E-state index contributed by atoms with van der Waals surface area (Å²) in [6, 6.07) is 0. The molecule has 1 aliphatic rings. The molecule has 2 heterocycles. The lowest BCUT2D eigenvalue weighted by Gasteiger charge is -2.34. The van der Waals surface area contributed by atoms with Crippen molar-refractivity contribution >= 4 is 11.6 Å². The second kappa shape index (κ2) is 5.74. The molecule has 2 rings (SSSR count). The van der Waals surface area contributed by atoms with Crippen LogP contribution in [0.5, 0.6) is 0 Å². The smallest absolute Gasteiger partial charge is 0.137 e. The summed E-state index contributed by atoms with van der Waals surface area (Å²) in [5.41, 5.74) is 6.95. The Bertz CT molecular complexity index is 436. The SMILES string of the molecule is Cc1nc(N)c(C)c(N2CCC(CN(C)C)CC2)n1. The lowest BCUT2D eigenvalue weighted by atomic mass is 9.96. The third kappa shape index (κ3) is 3.35. The van der Waals surface area contributed by atoms with Crippen LogP contribution >= 0.6 is 0 Å². The third-order valence-corrected chi connectivity index (χ3v) is 3.81. The van der Waals surface area contributed by atoms with Gasteiger partial charge < -0.3 is 15.5 Å². The maximum absolute atomic E-state index is 5.94. The molecule has 19 heavy (non-hydrogen) atoms. The van der Waals surface area contributed by atoms with E-state index < -0.39 is 0 Å². The number of nitrogen functional groups attached to an aromatic ring is 1. The highest BCUT2D eigenvalue weighted by molar-refractivity contribution is 5.56. The molecule has 106 valence electrons. The van der Waals surface area contributed by atoms with E-state index >= 15 is 0 Å².